The molecule has 0 spiro atoms. The Morgan fingerprint density at radius 2 is 0.857 bits per heavy atom. The van der Waals surface area contributed by atoms with E-state index in [9.17, 15) is 5.11 Å². The molecule has 0 fully saturated rings. The van der Waals surface area contributed by atoms with E-state index in [1.165, 1.54) is 0 Å². The van der Waals surface area contributed by atoms with E-state index in [0.717, 1.165) is 104 Å². The number of aliphatic hydroxyl groups is 1. The molecule has 0 aliphatic heterocycles. The quantitative estimate of drug-likeness (QED) is 0.116. The van der Waals surface area contributed by atoms with E-state index >= 15 is 0 Å². The molecular formula is C35H48O7. The number of rotatable bonds is 23. The summed E-state index contributed by atoms with van der Waals surface area (Å²) in [4.78, 5) is 0. The number of hydrogen-bond donors (Lipinski definition) is 1. The zero-order valence-electron chi connectivity index (χ0n) is 25.4. The molecule has 3 aromatic rings. The molecule has 0 radical (unpaired) electrons. The Morgan fingerprint density at radius 1 is 0.452 bits per heavy atom. The van der Waals surface area contributed by atoms with Crippen LogP contribution >= 0.6 is 0 Å². The highest BCUT2D eigenvalue weighted by atomic mass is 16.5. The molecule has 0 amide bonds. The zero-order valence-corrected chi connectivity index (χ0v) is 25.4. The Bertz CT molecular complexity index is 1020. The molecule has 3 rings (SSSR count). The van der Waals surface area contributed by atoms with Crippen LogP contribution in [0.4, 0.5) is 0 Å². The summed E-state index contributed by atoms with van der Waals surface area (Å²) in [5.41, 5.74) is 3.10. The average molecular weight is 581 g/mol. The topological polar surface area (TPSA) is 75.6 Å². The number of methoxy groups -OCH3 is 2. The number of ether oxygens (including phenoxy) is 6. The Kier molecular flexibility index (Phi) is 16.3. The van der Waals surface area contributed by atoms with Crippen LogP contribution in [-0.2, 0) is 29.3 Å². The Morgan fingerprint density at radius 3 is 1.24 bits per heavy atom. The average Bonchev–Trinajstić information content (AvgIpc) is 3.03. The smallest absolute Gasteiger partial charge is 0.123 e. The fourth-order valence-corrected chi connectivity index (χ4v) is 4.41. The Hall–Kier alpha value is -3.26. The lowest BCUT2D eigenvalue weighted by atomic mass is 10.2. The van der Waals surface area contributed by atoms with E-state index in [1.54, 1.807) is 14.2 Å². The normalized spacial score (nSPS) is 10.9. The lowest BCUT2D eigenvalue weighted by molar-refractivity contribution is 0.116. The van der Waals surface area contributed by atoms with Gasteiger partial charge in [0.25, 0.3) is 0 Å². The predicted molar refractivity (Wildman–Crippen MR) is 166 cm³/mol. The number of hydrogen-bond acceptors (Lipinski definition) is 7. The maximum atomic E-state index is 9.66. The van der Waals surface area contributed by atoms with Crippen LogP contribution in [-0.4, -0.2) is 45.8 Å². The van der Waals surface area contributed by atoms with E-state index in [4.69, 9.17) is 28.4 Å². The number of aliphatic hydroxyl groups excluding tert-OH is 1. The SMILES string of the molecule is COc1ccc(COCCCCCCOc2cc(CO)cc(OCCCCCCOCc3ccc(OC)cc3)c2)cc1. The zero-order chi connectivity index (χ0) is 29.7. The van der Waals surface area contributed by atoms with Gasteiger partial charge in [-0.25, -0.2) is 0 Å². The molecule has 1 N–H and O–H groups in total. The molecule has 0 aliphatic rings. The summed E-state index contributed by atoms with van der Waals surface area (Å²) in [5, 5.41) is 9.66. The lowest BCUT2D eigenvalue weighted by Crippen LogP contribution is -2.02. The summed E-state index contributed by atoms with van der Waals surface area (Å²) in [6.45, 7) is 4.00. The van der Waals surface area contributed by atoms with Gasteiger partial charge in [0, 0.05) is 19.3 Å². The van der Waals surface area contributed by atoms with Crippen LogP contribution in [0.15, 0.2) is 66.7 Å². The molecule has 0 unspecified atom stereocenters. The van der Waals surface area contributed by atoms with Crippen molar-refractivity contribution >= 4 is 0 Å². The van der Waals surface area contributed by atoms with Crippen LogP contribution in [0.3, 0.4) is 0 Å². The van der Waals surface area contributed by atoms with Gasteiger partial charge in [0.15, 0.2) is 0 Å². The van der Waals surface area contributed by atoms with E-state index < -0.39 is 0 Å². The molecule has 0 saturated heterocycles. The largest absolute Gasteiger partial charge is 0.497 e. The van der Waals surface area contributed by atoms with Gasteiger partial charge in [-0.15, -0.1) is 0 Å². The van der Waals surface area contributed by atoms with Gasteiger partial charge >= 0.3 is 0 Å². The fourth-order valence-electron chi connectivity index (χ4n) is 4.41. The second kappa shape index (κ2) is 20.6. The van der Waals surface area contributed by atoms with Crippen LogP contribution in [0.5, 0.6) is 23.0 Å². The predicted octanol–water partition coefficient (Wildman–Crippen LogP) is 7.51. The Balaban J connectivity index is 1.19. The van der Waals surface area contributed by atoms with Gasteiger partial charge < -0.3 is 33.5 Å². The van der Waals surface area contributed by atoms with Crippen LogP contribution in [0.2, 0.25) is 0 Å². The van der Waals surface area contributed by atoms with Crippen LogP contribution in [0.1, 0.15) is 68.1 Å². The van der Waals surface area contributed by atoms with Crippen LogP contribution in [0.25, 0.3) is 0 Å². The molecule has 0 aromatic heterocycles. The molecule has 3 aromatic carbocycles. The van der Waals surface area contributed by atoms with Crippen molar-refractivity contribution in [2.24, 2.45) is 0 Å². The molecule has 0 bridgehead atoms. The third-order valence-electron chi connectivity index (χ3n) is 6.88. The second-order valence-electron chi connectivity index (χ2n) is 10.3. The Labute approximate surface area is 251 Å². The summed E-state index contributed by atoms with van der Waals surface area (Å²) in [6.07, 6.45) is 8.39. The molecule has 0 saturated carbocycles. The minimum absolute atomic E-state index is 0.0411. The van der Waals surface area contributed by atoms with Gasteiger partial charge in [-0.05, 0) is 91.6 Å². The van der Waals surface area contributed by atoms with Crippen molar-refractivity contribution in [1.82, 2.24) is 0 Å². The van der Waals surface area contributed by atoms with E-state index in [0.29, 0.717) is 26.4 Å². The van der Waals surface area contributed by atoms with Crippen LogP contribution < -0.4 is 18.9 Å². The lowest BCUT2D eigenvalue weighted by Gasteiger charge is -2.12. The molecule has 7 heteroatoms. The first-order valence-corrected chi connectivity index (χ1v) is 15.1. The standard InChI is InChI=1S/C35H48O7/c1-37-32-15-11-29(12-16-32)27-39-19-7-3-5-9-21-41-34-23-31(26-36)24-35(25-34)42-22-10-6-4-8-20-40-28-30-13-17-33(38-2)18-14-30/h11-18,23-25,36H,3-10,19-22,26-28H2,1-2H3. The number of unbranched alkanes of at least 4 members (excludes halogenated alkanes) is 6. The summed E-state index contributed by atoms with van der Waals surface area (Å²) < 4.78 is 33.9. The molecule has 7 nitrogen and oxygen atoms in total. The highest BCUT2D eigenvalue weighted by Gasteiger charge is 2.04. The van der Waals surface area contributed by atoms with Gasteiger partial charge in [0.2, 0.25) is 0 Å². The third-order valence-corrected chi connectivity index (χ3v) is 6.88. The summed E-state index contributed by atoms with van der Waals surface area (Å²) in [5.74, 6) is 3.21. The molecule has 0 atom stereocenters. The monoisotopic (exact) mass is 580 g/mol. The third kappa shape index (κ3) is 13.6. The van der Waals surface area contributed by atoms with Crippen molar-refractivity contribution in [2.75, 3.05) is 40.6 Å². The highest BCUT2D eigenvalue weighted by molar-refractivity contribution is 5.38. The molecular weight excluding hydrogens is 532 g/mol. The van der Waals surface area contributed by atoms with Crippen molar-refractivity contribution in [3.05, 3.63) is 83.4 Å². The van der Waals surface area contributed by atoms with E-state index in [2.05, 4.69) is 0 Å². The first-order valence-electron chi connectivity index (χ1n) is 15.1. The number of benzene rings is 3. The maximum absolute atomic E-state index is 9.66. The van der Waals surface area contributed by atoms with Crippen molar-refractivity contribution < 1.29 is 33.5 Å². The summed E-state index contributed by atoms with van der Waals surface area (Å²) in [6, 6.07) is 21.6. The molecule has 230 valence electrons. The summed E-state index contributed by atoms with van der Waals surface area (Å²) >= 11 is 0. The van der Waals surface area contributed by atoms with Crippen molar-refractivity contribution in [2.45, 2.75) is 71.2 Å². The molecule has 0 aliphatic carbocycles. The summed E-state index contributed by atoms with van der Waals surface area (Å²) in [7, 11) is 3.34. The van der Waals surface area contributed by atoms with E-state index in [-0.39, 0.29) is 6.61 Å². The maximum Gasteiger partial charge on any atom is 0.123 e. The highest BCUT2D eigenvalue weighted by Crippen LogP contribution is 2.24. The van der Waals surface area contributed by atoms with Gasteiger partial charge in [0.1, 0.15) is 23.0 Å². The van der Waals surface area contributed by atoms with E-state index in [1.807, 2.05) is 66.7 Å². The van der Waals surface area contributed by atoms with Gasteiger partial charge in [-0.3, -0.25) is 0 Å². The second-order valence-corrected chi connectivity index (χ2v) is 10.3. The minimum Gasteiger partial charge on any atom is -0.497 e. The fraction of sp³-hybridized carbons (Fsp3) is 0.486. The molecule has 0 heterocycles. The first-order chi connectivity index (χ1) is 20.7. The van der Waals surface area contributed by atoms with Crippen molar-refractivity contribution in [1.29, 1.82) is 0 Å². The van der Waals surface area contributed by atoms with Crippen LogP contribution in [0, 0.1) is 0 Å². The first kappa shape index (κ1) is 33.2. The van der Waals surface area contributed by atoms with Crippen molar-refractivity contribution in [3.8, 4) is 23.0 Å². The van der Waals surface area contributed by atoms with Gasteiger partial charge in [0.05, 0.1) is 47.3 Å². The van der Waals surface area contributed by atoms with Gasteiger partial charge in [-0.2, -0.15) is 0 Å². The minimum atomic E-state index is -0.0411. The van der Waals surface area contributed by atoms with Crippen molar-refractivity contribution in [3.63, 3.8) is 0 Å². The molecule has 42 heavy (non-hydrogen) atoms. The van der Waals surface area contributed by atoms with Gasteiger partial charge in [-0.1, -0.05) is 37.1 Å².